The highest BCUT2D eigenvalue weighted by Gasteiger charge is 2.32. The van der Waals surface area contributed by atoms with Crippen LogP contribution >= 0.6 is 0 Å². The first kappa shape index (κ1) is 17.0. The molecule has 1 saturated heterocycles. The number of aromatic nitrogens is 2. The summed E-state index contributed by atoms with van der Waals surface area (Å²) in [6, 6.07) is -0.249. The number of fused-ring (bicyclic) bond motifs is 1. The lowest BCUT2D eigenvalue weighted by Gasteiger charge is -2.37. The van der Waals surface area contributed by atoms with Crippen molar-refractivity contribution in [3.05, 3.63) is 5.82 Å². The molecule has 3 heterocycles. The van der Waals surface area contributed by atoms with Crippen LogP contribution in [0, 0.1) is 12.8 Å². The fourth-order valence-corrected chi connectivity index (χ4v) is 3.39. The Morgan fingerprint density at radius 2 is 1.92 bits per heavy atom. The zero-order valence-electron chi connectivity index (χ0n) is 15.1. The molecule has 1 unspecified atom stereocenters. The molecular formula is C17H28N6O. The zero-order chi connectivity index (χ0) is 17.3. The van der Waals surface area contributed by atoms with Gasteiger partial charge in [0.2, 0.25) is 5.91 Å². The van der Waals surface area contributed by atoms with E-state index in [2.05, 4.69) is 37.3 Å². The highest BCUT2D eigenvalue weighted by molar-refractivity contribution is 6.05. The maximum atomic E-state index is 12.4. The Balaban J connectivity index is 1.84. The largest absolute Gasteiger partial charge is 0.356 e. The molecule has 1 atom stereocenters. The minimum atomic E-state index is -0.249. The van der Waals surface area contributed by atoms with E-state index in [1.165, 1.54) is 6.42 Å². The Labute approximate surface area is 143 Å². The van der Waals surface area contributed by atoms with E-state index in [9.17, 15) is 4.79 Å². The third-order valence-electron chi connectivity index (χ3n) is 4.70. The van der Waals surface area contributed by atoms with Crippen molar-refractivity contribution < 1.29 is 4.79 Å². The van der Waals surface area contributed by atoms with E-state index in [0.717, 1.165) is 55.9 Å². The Kier molecular flexibility index (Phi) is 4.89. The van der Waals surface area contributed by atoms with Crippen LogP contribution in [0.15, 0.2) is 0 Å². The average molecular weight is 332 g/mol. The Bertz CT molecular complexity index is 609. The van der Waals surface area contributed by atoms with Crippen LogP contribution in [-0.4, -0.2) is 59.5 Å². The number of carbonyl (C=O) groups excluding carboxylic acids is 1. The number of hydrogen-bond donors (Lipinski definition) is 2. The molecule has 7 nitrogen and oxygen atoms in total. The lowest BCUT2D eigenvalue weighted by Crippen LogP contribution is -2.48. The summed E-state index contributed by atoms with van der Waals surface area (Å²) in [7, 11) is 0. The normalized spacial score (nSPS) is 21.5. The van der Waals surface area contributed by atoms with E-state index in [0.29, 0.717) is 0 Å². The molecule has 1 aromatic rings. The van der Waals surface area contributed by atoms with Crippen LogP contribution in [0.25, 0.3) is 0 Å². The van der Waals surface area contributed by atoms with Crippen molar-refractivity contribution in [1.82, 2.24) is 14.9 Å². The van der Waals surface area contributed by atoms with Gasteiger partial charge in [-0.15, -0.1) is 0 Å². The van der Waals surface area contributed by atoms with Gasteiger partial charge in [-0.1, -0.05) is 20.8 Å². The van der Waals surface area contributed by atoms with Gasteiger partial charge in [0.15, 0.2) is 11.6 Å². The first-order valence-electron chi connectivity index (χ1n) is 8.93. The van der Waals surface area contributed by atoms with Gasteiger partial charge < -0.3 is 15.5 Å². The van der Waals surface area contributed by atoms with Crippen LogP contribution in [0.1, 0.15) is 33.0 Å². The molecule has 7 heteroatoms. The fraction of sp³-hybridized carbons (Fsp3) is 0.706. The maximum Gasteiger partial charge on any atom is 0.247 e. The van der Waals surface area contributed by atoms with Gasteiger partial charge >= 0.3 is 0 Å². The molecule has 2 N–H and O–H groups in total. The fourth-order valence-electron chi connectivity index (χ4n) is 3.39. The lowest BCUT2D eigenvalue weighted by molar-refractivity contribution is -0.117. The molecule has 0 saturated carbocycles. The molecule has 1 aromatic heterocycles. The molecule has 24 heavy (non-hydrogen) atoms. The van der Waals surface area contributed by atoms with Gasteiger partial charge in [-0.05, 0) is 25.8 Å². The number of piperazine rings is 1. The highest BCUT2D eigenvalue weighted by Crippen LogP contribution is 2.35. The van der Waals surface area contributed by atoms with Crippen molar-refractivity contribution in [2.45, 2.75) is 40.2 Å². The molecule has 1 fully saturated rings. The SMILES string of the molecule is CCCN1CCN(c2nc(C)nc3c2NC(=O)C(C(C)C)N3)CC1. The number of amides is 1. The van der Waals surface area contributed by atoms with E-state index in [-0.39, 0.29) is 17.9 Å². The van der Waals surface area contributed by atoms with Crippen LogP contribution in [0.2, 0.25) is 0 Å². The van der Waals surface area contributed by atoms with Gasteiger partial charge in [0.25, 0.3) is 0 Å². The minimum Gasteiger partial charge on any atom is -0.356 e. The van der Waals surface area contributed by atoms with Crippen LogP contribution in [0.4, 0.5) is 17.3 Å². The van der Waals surface area contributed by atoms with E-state index >= 15 is 0 Å². The van der Waals surface area contributed by atoms with E-state index in [4.69, 9.17) is 0 Å². The molecule has 0 aromatic carbocycles. The standard InChI is InChI=1S/C17H28N6O/c1-5-6-22-7-9-23(10-8-22)16-14-15(18-12(4)19-16)20-13(11(2)3)17(24)21-14/h11,13H,5-10H2,1-4H3,(H,21,24)(H,18,19,20). The monoisotopic (exact) mass is 332 g/mol. The molecular weight excluding hydrogens is 304 g/mol. The van der Waals surface area contributed by atoms with Gasteiger partial charge in [0.1, 0.15) is 17.6 Å². The van der Waals surface area contributed by atoms with Crippen molar-refractivity contribution in [1.29, 1.82) is 0 Å². The quantitative estimate of drug-likeness (QED) is 0.874. The molecule has 2 aliphatic rings. The number of anilines is 3. The number of hydrogen-bond acceptors (Lipinski definition) is 6. The second-order valence-corrected chi connectivity index (χ2v) is 7.00. The van der Waals surface area contributed by atoms with Crippen LogP contribution in [-0.2, 0) is 4.79 Å². The lowest BCUT2D eigenvalue weighted by atomic mass is 10.0. The Morgan fingerprint density at radius 1 is 1.21 bits per heavy atom. The molecule has 0 spiro atoms. The molecule has 2 aliphatic heterocycles. The maximum absolute atomic E-state index is 12.4. The van der Waals surface area contributed by atoms with E-state index in [1.54, 1.807) is 0 Å². The molecule has 0 radical (unpaired) electrons. The zero-order valence-corrected chi connectivity index (χ0v) is 15.1. The summed E-state index contributed by atoms with van der Waals surface area (Å²) < 4.78 is 0. The summed E-state index contributed by atoms with van der Waals surface area (Å²) in [5, 5.41) is 6.33. The summed E-state index contributed by atoms with van der Waals surface area (Å²) in [5.41, 5.74) is 0.728. The second-order valence-electron chi connectivity index (χ2n) is 7.00. The molecule has 3 rings (SSSR count). The van der Waals surface area contributed by atoms with E-state index < -0.39 is 0 Å². The van der Waals surface area contributed by atoms with Gasteiger partial charge in [-0.3, -0.25) is 9.69 Å². The van der Waals surface area contributed by atoms with Gasteiger partial charge in [0.05, 0.1) is 0 Å². The number of rotatable bonds is 4. The number of nitrogens with one attached hydrogen (secondary N) is 2. The van der Waals surface area contributed by atoms with Crippen molar-refractivity contribution in [2.24, 2.45) is 5.92 Å². The average Bonchev–Trinajstić information content (AvgIpc) is 2.55. The summed E-state index contributed by atoms with van der Waals surface area (Å²) >= 11 is 0. The van der Waals surface area contributed by atoms with Gasteiger partial charge in [0, 0.05) is 26.2 Å². The van der Waals surface area contributed by atoms with Crippen LogP contribution < -0.4 is 15.5 Å². The van der Waals surface area contributed by atoms with E-state index in [1.807, 2.05) is 20.8 Å². The first-order valence-corrected chi connectivity index (χ1v) is 8.93. The topological polar surface area (TPSA) is 73.4 Å². The van der Waals surface area contributed by atoms with Gasteiger partial charge in [-0.2, -0.15) is 0 Å². The predicted molar refractivity (Wildman–Crippen MR) is 96.6 cm³/mol. The Morgan fingerprint density at radius 3 is 2.54 bits per heavy atom. The summed E-state index contributed by atoms with van der Waals surface area (Å²) in [6.07, 6.45) is 1.18. The minimum absolute atomic E-state index is 0.00387. The van der Waals surface area contributed by atoms with Crippen molar-refractivity contribution >= 4 is 23.2 Å². The third kappa shape index (κ3) is 3.31. The van der Waals surface area contributed by atoms with Gasteiger partial charge in [-0.25, -0.2) is 9.97 Å². The third-order valence-corrected chi connectivity index (χ3v) is 4.70. The molecule has 0 bridgehead atoms. The summed E-state index contributed by atoms with van der Waals surface area (Å²) in [4.78, 5) is 26.3. The molecule has 0 aliphatic carbocycles. The van der Waals surface area contributed by atoms with Crippen LogP contribution in [0.5, 0.6) is 0 Å². The molecule has 132 valence electrons. The number of nitrogens with zero attached hydrogens (tertiary/aromatic N) is 4. The predicted octanol–water partition coefficient (Wildman–Crippen LogP) is 1.71. The highest BCUT2D eigenvalue weighted by atomic mass is 16.2. The Hall–Kier alpha value is -1.89. The summed E-state index contributed by atoms with van der Waals surface area (Å²) in [5.74, 6) is 2.51. The summed E-state index contributed by atoms with van der Waals surface area (Å²) in [6.45, 7) is 13.2. The second kappa shape index (κ2) is 6.93. The van der Waals surface area contributed by atoms with Crippen molar-refractivity contribution in [2.75, 3.05) is 48.3 Å². The first-order chi connectivity index (χ1) is 11.5. The molecule has 1 amide bonds. The number of carbonyl (C=O) groups is 1. The van der Waals surface area contributed by atoms with Crippen LogP contribution in [0.3, 0.4) is 0 Å². The van der Waals surface area contributed by atoms with Crippen molar-refractivity contribution in [3.8, 4) is 0 Å². The van der Waals surface area contributed by atoms with Crippen molar-refractivity contribution in [3.63, 3.8) is 0 Å². The number of aryl methyl sites for hydroxylation is 1. The smallest absolute Gasteiger partial charge is 0.247 e.